The Bertz CT molecular complexity index is 535. The van der Waals surface area contributed by atoms with E-state index in [1.807, 2.05) is 32.0 Å². The molecular formula is C18H25NO4. The van der Waals surface area contributed by atoms with E-state index in [0.717, 1.165) is 24.9 Å². The molecule has 0 amide bonds. The molecule has 0 aliphatic carbocycles. The summed E-state index contributed by atoms with van der Waals surface area (Å²) in [6.45, 7) is 5.44. The van der Waals surface area contributed by atoms with Crippen LogP contribution in [0.4, 0.5) is 0 Å². The first-order valence-corrected chi connectivity index (χ1v) is 8.52. The van der Waals surface area contributed by atoms with Crippen molar-refractivity contribution in [3.8, 4) is 0 Å². The molecule has 4 rings (SSSR count). The lowest BCUT2D eigenvalue weighted by atomic mass is 9.90. The lowest BCUT2D eigenvalue weighted by molar-refractivity contribution is -0.265. The number of hydrogen-bond acceptors (Lipinski definition) is 5. The van der Waals surface area contributed by atoms with Crippen molar-refractivity contribution in [1.82, 2.24) is 5.32 Å². The highest BCUT2D eigenvalue weighted by atomic mass is 16.8. The van der Waals surface area contributed by atoms with Crippen LogP contribution in [0.5, 0.6) is 0 Å². The van der Waals surface area contributed by atoms with E-state index in [9.17, 15) is 0 Å². The Labute approximate surface area is 137 Å². The van der Waals surface area contributed by atoms with Crippen molar-refractivity contribution in [3.05, 3.63) is 35.9 Å². The van der Waals surface area contributed by atoms with Gasteiger partial charge < -0.3 is 24.3 Å². The minimum absolute atomic E-state index is 0.0233. The Morgan fingerprint density at radius 3 is 2.78 bits per heavy atom. The van der Waals surface area contributed by atoms with Crippen LogP contribution in [0.3, 0.4) is 0 Å². The fourth-order valence-electron chi connectivity index (χ4n) is 3.81. The van der Waals surface area contributed by atoms with E-state index in [1.165, 1.54) is 0 Å². The average molecular weight is 319 g/mol. The highest BCUT2D eigenvalue weighted by Gasteiger charge is 2.55. The molecule has 1 N–H and O–H groups in total. The van der Waals surface area contributed by atoms with Crippen molar-refractivity contribution >= 4 is 0 Å². The van der Waals surface area contributed by atoms with E-state index in [4.69, 9.17) is 18.9 Å². The second kappa shape index (κ2) is 6.15. The molecule has 1 aromatic carbocycles. The van der Waals surface area contributed by atoms with Gasteiger partial charge in [-0.05, 0) is 38.8 Å². The van der Waals surface area contributed by atoms with Crippen LogP contribution in [0, 0.1) is 0 Å². The summed E-state index contributed by atoms with van der Waals surface area (Å²) >= 11 is 0. The standard InChI is InChI=1S/C18H25NO4/c1-18(2)22-15-14-13(9-6-10-19-14)21-17(16(15)23-18)20-11-12-7-4-3-5-8-12/h3-5,7-8,13-17,19H,6,9-11H2,1-2H3/t13-,14-,15+,16+,17+/m1/s1. The number of hydrogen-bond donors (Lipinski definition) is 1. The molecule has 3 saturated heterocycles. The Kier molecular flexibility index (Phi) is 4.15. The maximum absolute atomic E-state index is 6.23. The molecule has 23 heavy (non-hydrogen) atoms. The van der Waals surface area contributed by atoms with Crippen LogP contribution in [0.15, 0.2) is 30.3 Å². The van der Waals surface area contributed by atoms with Crippen molar-refractivity contribution in [2.45, 2.75) is 69.7 Å². The van der Waals surface area contributed by atoms with Crippen LogP contribution in [0.25, 0.3) is 0 Å². The van der Waals surface area contributed by atoms with Gasteiger partial charge in [-0.25, -0.2) is 0 Å². The topological polar surface area (TPSA) is 49.0 Å². The molecule has 3 heterocycles. The van der Waals surface area contributed by atoms with E-state index < -0.39 is 5.79 Å². The Morgan fingerprint density at radius 2 is 1.96 bits per heavy atom. The van der Waals surface area contributed by atoms with E-state index in [2.05, 4.69) is 17.4 Å². The SMILES string of the molecule is CC1(C)O[C@@H]2[C@@H](OCc3ccccc3)O[C@@H]3CCCN[C@H]3[C@@H]2O1. The summed E-state index contributed by atoms with van der Waals surface area (Å²) in [5, 5.41) is 3.54. The number of benzene rings is 1. The van der Waals surface area contributed by atoms with Gasteiger partial charge >= 0.3 is 0 Å². The largest absolute Gasteiger partial charge is 0.345 e. The third kappa shape index (κ3) is 3.16. The van der Waals surface area contributed by atoms with Gasteiger partial charge in [-0.15, -0.1) is 0 Å². The average Bonchev–Trinajstić information content (AvgIpc) is 2.89. The second-order valence-electron chi connectivity index (χ2n) is 7.03. The lowest BCUT2D eigenvalue weighted by Gasteiger charge is -2.44. The van der Waals surface area contributed by atoms with Crippen molar-refractivity contribution in [2.24, 2.45) is 0 Å². The summed E-state index contributed by atoms with van der Waals surface area (Å²) in [6, 6.07) is 10.3. The molecule has 0 saturated carbocycles. The van der Waals surface area contributed by atoms with Gasteiger partial charge in [-0.3, -0.25) is 0 Å². The summed E-state index contributed by atoms with van der Waals surface area (Å²) in [5.41, 5.74) is 1.13. The van der Waals surface area contributed by atoms with Crippen LogP contribution in [0.1, 0.15) is 32.3 Å². The molecule has 126 valence electrons. The van der Waals surface area contributed by atoms with Crippen molar-refractivity contribution in [2.75, 3.05) is 6.54 Å². The third-order valence-corrected chi connectivity index (χ3v) is 4.80. The minimum atomic E-state index is -0.596. The van der Waals surface area contributed by atoms with E-state index >= 15 is 0 Å². The van der Waals surface area contributed by atoms with Crippen molar-refractivity contribution in [3.63, 3.8) is 0 Å². The predicted molar refractivity (Wildman–Crippen MR) is 84.7 cm³/mol. The number of ether oxygens (including phenoxy) is 4. The van der Waals surface area contributed by atoms with Gasteiger partial charge in [-0.2, -0.15) is 0 Å². The van der Waals surface area contributed by atoms with Gasteiger partial charge in [0, 0.05) is 0 Å². The predicted octanol–water partition coefficient (Wildman–Crippen LogP) is 2.20. The van der Waals surface area contributed by atoms with Crippen LogP contribution < -0.4 is 5.32 Å². The van der Waals surface area contributed by atoms with Crippen LogP contribution >= 0.6 is 0 Å². The first-order chi connectivity index (χ1) is 11.1. The first-order valence-electron chi connectivity index (χ1n) is 8.52. The number of fused-ring (bicyclic) bond motifs is 3. The van der Waals surface area contributed by atoms with Gasteiger partial charge in [0.25, 0.3) is 0 Å². The highest BCUT2D eigenvalue weighted by molar-refractivity contribution is 5.13. The molecule has 1 aromatic rings. The quantitative estimate of drug-likeness (QED) is 0.925. The molecule has 0 radical (unpaired) electrons. The fraction of sp³-hybridized carbons (Fsp3) is 0.667. The van der Waals surface area contributed by atoms with Crippen LogP contribution in [-0.4, -0.2) is 43.0 Å². The second-order valence-corrected chi connectivity index (χ2v) is 7.03. The fourth-order valence-corrected chi connectivity index (χ4v) is 3.81. The molecular weight excluding hydrogens is 294 g/mol. The molecule has 3 aliphatic heterocycles. The zero-order valence-corrected chi connectivity index (χ0v) is 13.7. The van der Waals surface area contributed by atoms with Gasteiger partial charge in [0.05, 0.1) is 18.8 Å². The molecule has 5 heteroatoms. The number of piperidine rings is 1. The molecule has 0 spiro atoms. The molecule has 5 nitrogen and oxygen atoms in total. The van der Waals surface area contributed by atoms with Gasteiger partial charge in [-0.1, -0.05) is 30.3 Å². The summed E-state index contributed by atoms with van der Waals surface area (Å²) in [5.74, 6) is -0.596. The lowest BCUT2D eigenvalue weighted by Crippen LogP contribution is -2.63. The Balaban J connectivity index is 1.49. The van der Waals surface area contributed by atoms with Gasteiger partial charge in [0.2, 0.25) is 0 Å². The minimum Gasteiger partial charge on any atom is -0.345 e. The summed E-state index contributed by atoms with van der Waals surface area (Å²) < 4.78 is 24.6. The first kappa shape index (κ1) is 15.5. The van der Waals surface area contributed by atoms with Gasteiger partial charge in [0.1, 0.15) is 12.2 Å². The number of rotatable bonds is 3. The molecule has 0 unspecified atom stereocenters. The molecule has 0 aromatic heterocycles. The van der Waals surface area contributed by atoms with Crippen LogP contribution in [0.2, 0.25) is 0 Å². The zero-order chi connectivity index (χ0) is 15.9. The van der Waals surface area contributed by atoms with E-state index in [1.54, 1.807) is 0 Å². The highest BCUT2D eigenvalue weighted by Crippen LogP contribution is 2.39. The number of nitrogens with one attached hydrogen (secondary N) is 1. The molecule has 5 atom stereocenters. The Hall–Kier alpha value is -0.980. The summed E-state index contributed by atoms with van der Waals surface area (Å²) in [7, 11) is 0. The van der Waals surface area contributed by atoms with Crippen LogP contribution in [-0.2, 0) is 25.6 Å². The van der Waals surface area contributed by atoms with Crippen molar-refractivity contribution < 1.29 is 18.9 Å². The summed E-state index contributed by atoms with van der Waals surface area (Å²) in [4.78, 5) is 0. The smallest absolute Gasteiger partial charge is 0.187 e. The third-order valence-electron chi connectivity index (χ3n) is 4.80. The zero-order valence-electron chi connectivity index (χ0n) is 13.7. The van der Waals surface area contributed by atoms with E-state index in [-0.39, 0.29) is 30.6 Å². The monoisotopic (exact) mass is 319 g/mol. The van der Waals surface area contributed by atoms with E-state index in [0.29, 0.717) is 6.61 Å². The van der Waals surface area contributed by atoms with Gasteiger partial charge in [0.15, 0.2) is 12.1 Å². The van der Waals surface area contributed by atoms with Crippen molar-refractivity contribution in [1.29, 1.82) is 0 Å². The Morgan fingerprint density at radius 1 is 1.17 bits per heavy atom. The molecule has 0 bridgehead atoms. The summed E-state index contributed by atoms with van der Waals surface area (Å²) in [6.07, 6.45) is 1.68. The maximum atomic E-state index is 6.23. The molecule has 3 fully saturated rings. The maximum Gasteiger partial charge on any atom is 0.187 e. The molecule has 3 aliphatic rings. The normalized spacial score (nSPS) is 38.8.